The van der Waals surface area contributed by atoms with Gasteiger partial charge >= 0.3 is 0 Å². The molecule has 6 fully saturated rings. The summed E-state index contributed by atoms with van der Waals surface area (Å²) in [6.07, 6.45) is 20.5. The first-order valence-corrected chi connectivity index (χ1v) is 53.1. The van der Waals surface area contributed by atoms with Crippen LogP contribution in [0, 0.1) is 27.1 Å². The molecule has 31 heteroatoms. The maximum absolute atomic E-state index is 12.8. The van der Waals surface area contributed by atoms with Crippen LogP contribution in [0.25, 0.3) is 56.3 Å². The van der Waals surface area contributed by atoms with E-state index >= 15 is 0 Å². The minimum Gasteiger partial charge on any atom is -0.493 e. The number of ketones is 5. The first kappa shape index (κ1) is 109. The molecule has 11 heterocycles. The van der Waals surface area contributed by atoms with E-state index in [2.05, 4.69) is 90.4 Å². The number of methoxy groups -OCH3 is 6. The molecule has 5 saturated carbocycles. The standard InChI is InChI=1S/C25H31NO6.C24H26ClNO4.C24H28ClNO4.C23H26ClNO4.C22H24ClNO4/c1-15(27)18-12-26-20(11-21(18)28)17-10-22(30-5)23(32-8-6-7-29-4)9-16(17)19-13-31-14-25(2,3)24(19)26;1-14(27)18-13-26-20(12-21(18)28)17-10-19(25)22(30-9-3-8-29-2)11-16(17)15-4-5-24(6-7-24)23(15)26;1-14(27)18-13-26-20(12-21(18)28)17-10-19(25)22(30-9-5-8-29-4)11-16(17)15-6-7-24(2,3)23(15)26;1-13(26)17-12-25-19(10-20(17)27)15-8-18(24)21(29-7-5-6-28-4)9-14(15)16-11-23(2,3)22(16)25;1-12(25)15-11-24-17(10-18(15)26)13-8-16(23)19(28-7-5-6-27-4)9-14(13)20-21(24)22(20,2)3/h9-12,19,24H,6-8,13-14H2,1-5H3;10-13,15,23H,3-9H2,1-2H3;10-13,15,23H,5-9H2,1-4H3;8-10,12,16,22H,5-7,11H2,1-4H3;8-11,20-21H,5-7H2,1-4H3/t19-,24+;2*15-,23+;16-,22+;20-,21+/m11111/s1. The van der Waals surface area contributed by atoms with Crippen molar-refractivity contribution in [2.75, 3.05) is 122 Å². The van der Waals surface area contributed by atoms with Crippen LogP contribution in [0.4, 0.5) is 0 Å². The quantitative estimate of drug-likeness (QED) is 0.0288. The van der Waals surface area contributed by atoms with Gasteiger partial charge in [0.05, 0.1) is 136 Å². The smallest absolute Gasteiger partial charge is 0.192 e. The van der Waals surface area contributed by atoms with Crippen molar-refractivity contribution in [3.8, 4) is 90.8 Å². The van der Waals surface area contributed by atoms with Crippen molar-refractivity contribution < 1.29 is 80.8 Å². The summed E-state index contributed by atoms with van der Waals surface area (Å²) in [6.45, 7) is 31.9. The van der Waals surface area contributed by atoms with Crippen LogP contribution in [0.2, 0.25) is 20.1 Å². The Hall–Kier alpha value is -11.1. The molecule has 6 aliphatic heterocycles. The lowest BCUT2D eigenvalue weighted by molar-refractivity contribution is -0.0430. The van der Waals surface area contributed by atoms with E-state index in [1.807, 2.05) is 48.5 Å². The summed E-state index contributed by atoms with van der Waals surface area (Å²) in [5.41, 5.74) is 14.8. The minimum atomic E-state index is -0.267. The number of nitrogens with zero attached hydrogens (tertiary/aromatic N) is 5. The molecule has 0 bridgehead atoms. The van der Waals surface area contributed by atoms with E-state index in [0.29, 0.717) is 151 Å². The normalized spacial score (nSPS) is 21.1. The van der Waals surface area contributed by atoms with Crippen LogP contribution in [0.5, 0.6) is 34.5 Å². The number of pyridine rings is 5. The number of aromatic nitrogens is 5. The number of carbonyl (C=O) groups excluding carboxylic acids is 5. The van der Waals surface area contributed by atoms with E-state index in [1.165, 1.54) is 65.0 Å². The van der Waals surface area contributed by atoms with E-state index in [4.69, 9.17) is 103 Å². The fraction of sp³-hybridized carbons (Fsp3) is 0.492. The molecule has 1 saturated heterocycles. The second-order valence-electron chi connectivity index (χ2n) is 44.1. The first-order chi connectivity index (χ1) is 71.0. The number of hydrogen-bond donors (Lipinski definition) is 0. The number of fused-ring (bicyclic) bond motifs is 31. The second kappa shape index (κ2) is 43.9. The molecule has 1 spiro atoms. The van der Waals surface area contributed by atoms with Crippen molar-refractivity contribution in [3.63, 3.8) is 0 Å². The number of hydrogen-bond acceptors (Lipinski definition) is 22. The van der Waals surface area contributed by atoms with Gasteiger partial charge in [-0.3, -0.25) is 47.9 Å². The molecule has 0 radical (unpaired) electrons. The number of rotatable bonds is 31. The summed E-state index contributed by atoms with van der Waals surface area (Å²) in [7, 11) is 9.95. The van der Waals surface area contributed by atoms with Crippen molar-refractivity contribution in [2.24, 2.45) is 27.1 Å². The van der Waals surface area contributed by atoms with Gasteiger partial charge in [-0.15, -0.1) is 0 Å². The van der Waals surface area contributed by atoms with Gasteiger partial charge in [0.1, 0.15) is 23.0 Å². The Morgan fingerprint density at radius 3 is 0.946 bits per heavy atom. The second-order valence-corrected chi connectivity index (χ2v) is 45.7. The number of ether oxygens (including phenoxy) is 12. The Labute approximate surface area is 888 Å². The Morgan fingerprint density at radius 1 is 0.315 bits per heavy atom. The fourth-order valence-corrected chi connectivity index (χ4v) is 26.0. The largest absolute Gasteiger partial charge is 0.493 e. The molecule has 0 N–H and O–H groups in total. The molecule has 21 rings (SSSR count). The van der Waals surface area contributed by atoms with Crippen LogP contribution in [0.1, 0.15) is 306 Å². The van der Waals surface area contributed by atoms with Gasteiger partial charge in [-0.05, 0) is 190 Å². The molecule has 149 heavy (non-hydrogen) atoms. The average molecular weight is 2120 g/mol. The summed E-state index contributed by atoms with van der Waals surface area (Å²) < 4.78 is 77.4. The van der Waals surface area contributed by atoms with Crippen LogP contribution in [-0.2, 0) is 28.4 Å². The summed E-state index contributed by atoms with van der Waals surface area (Å²) in [4.78, 5) is 123. The van der Waals surface area contributed by atoms with Crippen LogP contribution < -0.4 is 55.6 Å². The number of Topliss-reactive ketones (excluding diaryl/α,β-unsaturated/α-hetero) is 5. The SMILES string of the molecule is COCCCOc1cc2c(cc1Cl)-c1cc(=O)c(C(C)=O)cn1[C@H]1[C@@H]2C1(C)C.COCCCOc1cc2c(cc1Cl)-c1cc(=O)c(C(C)=O)cn1[C@H]1[C@@H]2CC1(C)C.COCCCOc1cc2c(cc1Cl)-c1cc(=O)c(C(C)=O)cn1[C@H]1[C@@H]2CCC1(C)C.COCCCOc1cc2c(cc1Cl)-c1cc(=O)c(C(C)=O)cn1[C@H]1[C@@H]2CCC12CC2.COCCCOc1cc2c(cc1OC)-c1cc(=O)c(C(C)=O)cn1[C@H]1[C@@H]2COCC1(C)C. The van der Waals surface area contributed by atoms with Crippen molar-refractivity contribution >= 4 is 75.3 Å². The van der Waals surface area contributed by atoms with Crippen LogP contribution in [0.3, 0.4) is 0 Å². The monoisotopic (exact) mass is 2110 g/mol. The lowest BCUT2D eigenvalue weighted by Gasteiger charge is -2.56. The van der Waals surface area contributed by atoms with Gasteiger partial charge in [0.25, 0.3) is 0 Å². The van der Waals surface area contributed by atoms with Crippen LogP contribution >= 0.6 is 46.4 Å². The van der Waals surface area contributed by atoms with Crippen molar-refractivity contribution in [3.05, 3.63) is 249 Å². The third-order valence-electron chi connectivity index (χ3n) is 32.4. The molecule has 10 aromatic rings. The van der Waals surface area contributed by atoms with Crippen molar-refractivity contribution in [1.29, 1.82) is 0 Å². The van der Waals surface area contributed by atoms with Gasteiger partial charge < -0.3 is 79.7 Å². The molecule has 0 amide bonds. The third kappa shape index (κ3) is 21.1. The third-order valence-corrected chi connectivity index (χ3v) is 33.6. The molecular weight excluding hydrogens is 1980 g/mol. The molecule has 10 atom stereocenters. The Balaban J connectivity index is 0.000000127. The summed E-state index contributed by atoms with van der Waals surface area (Å²) in [5, 5.41) is 2.10. The van der Waals surface area contributed by atoms with E-state index in [9.17, 15) is 47.9 Å². The lowest BCUT2D eigenvalue weighted by atomic mass is 9.55. The Kier molecular flexibility index (Phi) is 32.2. The minimum absolute atomic E-state index is 0.0181. The molecule has 5 aromatic carbocycles. The maximum Gasteiger partial charge on any atom is 0.192 e. The summed E-state index contributed by atoms with van der Waals surface area (Å²) in [6, 6.07) is 28.5. The van der Waals surface area contributed by atoms with Crippen molar-refractivity contribution in [2.45, 2.75) is 227 Å². The number of halogens is 4. The Morgan fingerprint density at radius 2 is 0.604 bits per heavy atom. The maximum atomic E-state index is 12.8. The average Bonchev–Trinajstić information content (AvgIpc) is 1.49. The lowest BCUT2D eigenvalue weighted by Crippen LogP contribution is -2.46. The molecule has 5 aromatic heterocycles. The van der Waals surface area contributed by atoms with Crippen molar-refractivity contribution in [1.82, 2.24) is 22.8 Å². The highest BCUT2D eigenvalue weighted by atomic mass is 35.5. The highest BCUT2D eigenvalue weighted by Crippen LogP contribution is 2.73. The summed E-state index contributed by atoms with van der Waals surface area (Å²) in [5.74, 6) is 4.20. The van der Waals surface area contributed by atoms with E-state index in [-0.39, 0.29) is 154 Å². The first-order valence-electron chi connectivity index (χ1n) is 51.6. The van der Waals surface area contributed by atoms with E-state index in [1.54, 1.807) is 104 Å². The zero-order chi connectivity index (χ0) is 107. The topological polar surface area (TPSA) is 306 Å². The van der Waals surface area contributed by atoms with Gasteiger partial charge in [0.2, 0.25) is 0 Å². The zero-order valence-corrected chi connectivity index (χ0v) is 91.5. The molecule has 0 unspecified atom stereocenters. The predicted molar refractivity (Wildman–Crippen MR) is 577 cm³/mol. The van der Waals surface area contributed by atoms with Gasteiger partial charge in [0.15, 0.2) is 67.6 Å². The van der Waals surface area contributed by atoms with Gasteiger partial charge in [-0.2, -0.15) is 0 Å². The number of benzene rings is 5. The predicted octanol–water partition coefficient (Wildman–Crippen LogP) is 23.4. The molecule has 27 nitrogen and oxygen atoms in total. The molecule has 11 aliphatic rings. The zero-order valence-electron chi connectivity index (χ0n) is 88.5. The highest BCUT2D eigenvalue weighted by molar-refractivity contribution is 6.33. The summed E-state index contributed by atoms with van der Waals surface area (Å²) >= 11 is 26.2. The van der Waals surface area contributed by atoms with Gasteiger partial charge in [-0.25, -0.2) is 0 Å². The van der Waals surface area contributed by atoms with Crippen LogP contribution in [-0.4, -0.2) is 174 Å². The van der Waals surface area contributed by atoms with Crippen LogP contribution in [0.15, 0.2) is 146 Å². The molecular formula is C118H135Cl4N5O22. The molecule has 792 valence electrons. The van der Waals surface area contributed by atoms with Gasteiger partial charge in [0, 0.05) is 249 Å². The fourth-order valence-electron chi connectivity index (χ4n) is 25.1. The number of carbonyl (C=O) groups is 5. The van der Waals surface area contributed by atoms with E-state index in [0.717, 1.165) is 131 Å². The molecule has 5 aliphatic carbocycles. The highest BCUT2D eigenvalue weighted by Gasteiger charge is 2.64. The Bertz CT molecular complexity index is 7100. The van der Waals surface area contributed by atoms with Gasteiger partial charge in [-0.1, -0.05) is 102 Å². The van der Waals surface area contributed by atoms with E-state index < -0.39 is 0 Å².